The minimum Gasteiger partial charge on any atom is -0.497 e. The third kappa shape index (κ3) is 4.28. The molecule has 0 atom stereocenters. The molecule has 3 N–H and O–H groups in total. The molecule has 32 heavy (non-hydrogen) atoms. The number of fused-ring (bicyclic) bond motifs is 1. The zero-order valence-corrected chi connectivity index (χ0v) is 18.2. The monoisotopic (exact) mass is 450 g/mol. The molecule has 0 fully saturated rings. The molecule has 0 spiro atoms. The molecule has 0 saturated heterocycles. The van der Waals surface area contributed by atoms with Crippen LogP contribution in [0.3, 0.4) is 0 Å². The van der Waals surface area contributed by atoms with Gasteiger partial charge in [0.15, 0.2) is 0 Å². The summed E-state index contributed by atoms with van der Waals surface area (Å²) in [6, 6.07) is 15.1. The lowest BCUT2D eigenvalue weighted by Gasteiger charge is -2.18. The number of para-hydroxylation sites is 2. The van der Waals surface area contributed by atoms with E-state index >= 15 is 0 Å². The zero-order valence-electron chi connectivity index (χ0n) is 17.4. The molecule has 1 aromatic heterocycles. The second kappa shape index (κ2) is 8.72. The smallest absolute Gasteiger partial charge is 0.265 e. The van der Waals surface area contributed by atoms with E-state index in [1.807, 2.05) is 6.07 Å². The van der Waals surface area contributed by atoms with Crippen molar-refractivity contribution in [2.24, 2.45) is 0 Å². The van der Waals surface area contributed by atoms with Crippen molar-refractivity contribution >= 4 is 39.2 Å². The van der Waals surface area contributed by atoms with Crippen LogP contribution in [0.15, 0.2) is 71.8 Å². The molecule has 4 rings (SSSR count). The molecule has 0 unspecified atom stereocenters. The summed E-state index contributed by atoms with van der Waals surface area (Å²) in [6.45, 7) is 0.303. The van der Waals surface area contributed by atoms with E-state index in [1.165, 1.54) is 29.6 Å². The summed E-state index contributed by atoms with van der Waals surface area (Å²) in [7, 11) is -2.21. The fourth-order valence-electron chi connectivity index (χ4n) is 3.42. The van der Waals surface area contributed by atoms with E-state index in [-0.39, 0.29) is 10.8 Å². The SMILES string of the molecule is COc1ccc(S(=O)(=O)N2CCc3cc(C=CC(=O)Nc4ccccc4N)cnc32)cc1. The Morgan fingerprint density at radius 3 is 2.66 bits per heavy atom. The lowest BCUT2D eigenvalue weighted by atomic mass is 10.1. The highest BCUT2D eigenvalue weighted by atomic mass is 32.2. The van der Waals surface area contributed by atoms with E-state index in [2.05, 4.69) is 10.3 Å². The Labute approximate surface area is 186 Å². The quantitative estimate of drug-likeness (QED) is 0.441. The number of hydrogen-bond acceptors (Lipinski definition) is 6. The van der Waals surface area contributed by atoms with E-state index in [1.54, 1.807) is 48.7 Å². The van der Waals surface area contributed by atoms with Gasteiger partial charge in [0.25, 0.3) is 10.0 Å². The highest BCUT2D eigenvalue weighted by Crippen LogP contribution is 2.32. The first-order valence-electron chi connectivity index (χ1n) is 9.88. The first-order chi connectivity index (χ1) is 15.4. The maximum absolute atomic E-state index is 13.1. The molecule has 0 saturated carbocycles. The third-order valence-corrected chi connectivity index (χ3v) is 6.88. The predicted octanol–water partition coefficient (Wildman–Crippen LogP) is 3.08. The molecule has 164 valence electrons. The van der Waals surface area contributed by atoms with Gasteiger partial charge in [-0.15, -0.1) is 0 Å². The average molecular weight is 451 g/mol. The second-order valence-electron chi connectivity index (χ2n) is 7.16. The molecule has 0 aliphatic carbocycles. The predicted molar refractivity (Wildman–Crippen MR) is 124 cm³/mol. The van der Waals surface area contributed by atoms with Crippen molar-refractivity contribution in [1.82, 2.24) is 4.98 Å². The number of aromatic nitrogens is 1. The van der Waals surface area contributed by atoms with E-state index in [4.69, 9.17) is 10.5 Å². The lowest BCUT2D eigenvalue weighted by molar-refractivity contribution is -0.111. The Bertz CT molecular complexity index is 1290. The van der Waals surface area contributed by atoms with Crippen molar-refractivity contribution in [3.8, 4) is 5.75 Å². The van der Waals surface area contributed by atoms with Crippen LogP contribution in [0.1, 0.15) is 11.1 Å². The number of carbonyl (C=O) groups excluding carboxylic acids is 1. The van der Waals surface area contributed by atoms with Crippen molar-refractivity contribution in [1.29, 1.82) is 0 Å². The Morgan fingerprint density at radius 2 is 1.94 bits per heavy atom. The normalized spacial score (nSPS) is 13.2. The number of amides is 1. The van der Waals surface area contributed by atoms with Crippen LogP contribution in [0.2, 0.25) is 0 Å². The standard InChI is InChI=1S/C23H22N4O4S/c1-31-18-7-9-19(10-8-18)32(29,30)27-13-12-17-14-16(15-25-23(17)27)6-11-22(28)26-21-5-3-2-4-20(21)24/h2-11,14-15H,12-13,24H2,1H3,(H,26,28). The summed E-state index contributed by atoms with van der Waals surface area (Å²) >= 11 is 0. The molecule has 1 aliphatic heterocycles. The van der Waals surface area contributed by atoms with Gasteiger partial charge in [-0.1, -0.05) is 12.1 Å². The Kier molecular flexibility index (Phi) is 5.83. The van der Waals surface area contributed by atoms with E-state index in [0.29, 0.717) is 41.5 Å². The third-order valence-electron chi connectivity index (χ3n) is 5.08. The van der Waals surface area contributed by atoms with Gasteiger partial charge in [-0.25, -0.2) is 17.7 Å². The van der Waals surface area contributed by atoms with Gasteiger partial charge in [0.2, 0.25) is 5.91 Å². The number of nitrogens with one attached hydrogen (secondary N) is 1. The van der Waals surface area contributed by atoms with E-state index < -0.39 is 10.0 Å². The minimum absolute atomic E-state index is 0.175. The highest BCUT2D eigenvalue weighted by molar-refractivity contribution is 7.92. The molecule has 1 amide bonds. The van der Waals surface area contributed by atoms with Gasteiger partial charge in [0.1, 0.15) is 11.6 Å². The average Bonchev–Trinajstić information content (AvgIpc) is 3.23. The van der Waals surface area contributed by atoms with Crippen LogP contribution in [0.4, 0.5) is 17.2 Å². The Hall–Kier alpha value is -3.85. The van der Waals surface area contributed by atoms with Crippen molar-refractivity contribution in [2.75, 3.05) is 29.0 Å². The number of sulfonamides is 1. The molecule has 8 nitrogen and oxygen atoms in total. The summed E-state index contributed by atoms with van der Waals surface area (Å²) in [6.07, 6.45) is 5.09. The fourth-order valence-corrected chi connectivity index (χ4v) is 4.87. The minimum atomic E-state index is -3.73. The number of methoxy groups -OCH3 is 1. The molecule has 2 heterocycles. The highest BCUT2D eigenvalue weighted by Gasteiger charge is 2.32. The largest absolute Gasteiger partial charge is 0.497 e. The van der Waals surface area contributed by atoms with Crippen molar-refractivity contribution < 1.29 is 17.9 Å². The fraction of sp³-hybridized carbons (Fsp3) is 0.130. The van der Waals surface area contributed by atoms with Gasteiger partial charge in [0, 0.05) is 18.8 Å². The number of nitrogen functional groups attached to an aromatic ring is 1. The van der Waals surface area contributed by atoms with Gasteiger partial charge in [-0.05, 0) is 66.1 Å². The maximum atomic E-state index is 13.1. The zero-order chi connectivity index (χ0) is 22.7. The van der Waals surface area contributed by atoms with Gasteiger partial charge in [-0.2, -0.15) is 0 Å². The molecular formula is C23H22N4O4S. The molecule has 3 aromatic rings. The number of ether oxygens (including phenoxy) is 1. The van der Waals surface area contributed by atoms with Crippen LogP contribution in [0.5, 0.6) is 5.75 Å². The van der Waals surface area contributed by atoms with Crippen LogP contribution >= 0.6 is 0 Å². The molecule has 9 heteroatoms. The topological polar surface area (TPSA) is 115 Å². The van der Waals surface area contributed by atoms with Gasteiger partial charge in [0.05, 0.1) is 23.4 Å². The number of benzene rings is 2. The number of rotatable bonds is 6. The number of nitrogens with two attached hydrogens (primary N) is 1. The molecule has 2 aromatic carbocycles. The van der Waals surface area contributed by atoms with Crippen LogP contribution in [0.25, 0.3) is 6.08 Å². The van der Waals surface area contributed by atoms with Gasteiger partial charge >= 0.3 is 0 Å². The molecule has 0 bridgehead atoms. The first kappa shape index (κ1) is 21.4. The number of nitrogens with zero attached hydrogens (tertiary/aromatic N) is 2. The number of carbonyl (C=O) groups is 1. The maximum Gasteiger partial charge on any atom is 0.265 e. The van der Waals surface area contributed by atoms with E-state index in [9.17, 15) is 13.2 Å². The lowest BCUT2D eigenvalue weighted by Crippen LogP contribution is -2.29. The summed E-state index contributed by atoms with van der Waals surface area (Å²) in [5.41, 5.74) is 8.35. The van der Waals surface area contributed by atoms with Crippen molar-refractivity contribution in [3.63, 3.8) is 0 Å². The van der Waals surface area contributed by atoms with Crippen LogP contribution in [-0.4, -0.2) is 33.0 Å². The van der Waals surface area contributed by atoms with Crippen molar-refractivity contribution in [3.05, 3.63) is 78.0 Å². The Morgan fingerprint density at radius 1 is 1.19 bits per heavy atom. The van der Waals surface area contributed by atoms with Crippen LogP contribution in [-0.2, 0) is 21.2 Å². The van der Waals surface area contributed by atoms with Crippen LogP contribution < -0.4 is 20.1 Å². The van der Waals surface area contributed by atoms with Crippen molar-refractivity contribution in [2.45, 2.75) is 11.3 Å². The van der Waals surface area contributed by atoms with E-state index in [0.717, 1.165) is 5.56 Å². The first-order valence-corrected chi connectivity index (χ1v) is 11.3. The number of anilines is 3. The summed E-state index contributed by atoms with van der Waals surface area (Å²) in [5.74, 6) is 0.658. The Balaban J connectivity index is 1.50. The summed E-state index contributed by atoms with van der Waals surface area (Å²) in [5, 5.41) is 2.72. The number of pyridine rings is 1. The number of hydrogen-bond donors (Lipinski definition) is 2. The molecular weight excluding hydrogens is 428 g/mol. The molecule has 0 radical (unpaired) electrons. The molecule has 1 aliphatic rings. The van der Waals surface area contributed by atoms with Gasteiger partial charge < -0.3 is 15.8 Å². The summed E-state index contributed by atoms with van der Waals surface area (Å²) in [4.78, 5) is 16.7. The van der Waals surface area contributed by atoms with Gasteiger partial charge in [-0.3, -0.25) is 4.79 Å². The summed E-state index contributed by atoms with van der Waals surface area (Å²) < 4.78 is 32.5. The van der Waals surface area contributed by atoms with Crippen LogP contribution in [0, 0.1) is 0 Å². The second-order valence-corrected chi connectivity index (χ2v) is 9.03.